The zero-order valence-electron chi connectivity index (χ0n) is 13.0. The Morgan fingerprint density at radius 2 is 1.72 bits per heavy atom. The Balaban J connectivity index is 3.29. The summed E-state index contributed by atoms with van der Waals surface area (Å²) < 4.78 is 0. The monoisotopic (exact) mass is 255 g/mol. The van der Waals surface area contributed by atoms with Gasteiger partial charge in [0.25, 0.3) is 0 Å². The molecule has 18 heavy (non-hydrogen) atoms. The van der Waals surface area contributed by atoms with E-state index in [4.69, 9.17) is 0 Å². The Bertz CT molecular complexity index is 324. The molecule has 1 aliphatic heterocycles. The van der Waals surface area contributed by atoms with Gasteiger partial charge in [-0.15, -0.1) is 0 Å². The van der Waals surface area contributed by atoms with Gasteiger partial charge in [0.2, 0.25) is 0 Å². The van der Waals surface area contributed by atoms with Crippen LogP contribution < -0.4 is 0 Å². The lowest BCUT2D eigenvalue weighted by Crippen LogP contribution is -2.68. The summed E-state index contributed by atoms with van der Waals surface area (Å²) in [5, 5.41) is 11.9. The number of carbonyl (C=O) groups excluding carboxylic acids is 1. The fourth-order valence-electron chi connectivity index (χ4n) is 3.28. The van der Waals surface area contributed by atoms with Crippen molar-refractivity contribution in [2.24, 2.45) is 11.3 Å². The molecule has 1 N–H and O–H groups in total. The summed E-state index contributed by atoms with van der Waals surface area (Å²) in [6.07, 6.45) is 2.04. The van der Waals surface area contributed by atoms with Crippen molar-refractivity contribution in [1.29, 1.82) is 0 Å². The van der Waals surface area contributed by atoms with Gasteiger partial charge in [-0.1, -0.05) is 34.6 Å². The van der Waals surface area contributed by atoms with Gasteiger partial charge in [0.15, 0.2) is 5.78 Å². The van der Waals surface area contributed by atoms with Gasteiger partial charge in [-0.05, 0) is 38.5 Å². The number of rotatable bonds is 2. The number of hydrogen-bond acceptors (Lipinski definition) is 3. The Kier molecular flexibility index (Phi) is 4.00. The summed E-state index contributed by atoms with van der Waals surface area (Å²) in [5.41, 5.74) is -1.11. The first-order chi connectivity index (χ1) is 8.03. The third-order valence-electron chi connectivity index (χ3n) is 4.67. The number of hydrogen-bond donors (Lipinski definition) is 1. The first-order valence-electron chi connectivity index (χ1n) is 7.06. The van der Waals surface area contributed by atoms with E-state index in [1.165, 1.54) is 5.06 Å². The zero-order chi connectivity index (χ0) is 14.4. The topological polar surface area (TPSA) is 40.5 Å². The van der Waals surface area contributed by atoms with Gasteiger partial charge in [-0.3, -0.25) is 4.79 Å². The number of hydroxylamine groups is 2. The average Bonchev–Trinajstić information content (AvgIpc) is 2.25. The standard InChI is InChI=1S/C15H29NO2/c1-8-15(9-2)12(17)11(13(3,4)5)10-14(6,7)16(15)18/h11,18H,8-10H2,1-7H3. The molecule has 1 atom stereocenters. The first-order valence-corrected chi connectivity index (χ1v) is 7.06. The van der Waals surface area contributed by atoms with E-state index in [1.807, 2.05) is 27.7 Å². The number of nitrogens with zero attached hydrogens (tertiary/aromatic N) is 1. The van der Waals surface area contributed by atoms with Crippen LogP contribution in [0.5, 0.6) is 0 Å². The summed E-state index contributed by atoms with van der Waals surface area (Å²) >= 11 is 0. The Morgan fingerprint density at radius 1 is 1.28 bits per heavy atom. The molecule has 0 radical (unpaired) electrons. The predicted octanol–water partition coefficient (Wildman–Crippen LogP) is 3.65. The van der Waals surface area contributed by atoms with Crippen molar-refractivity contribution in [3.63, 3.8) is 0 Å². The van der Waals surface area contributed by atoms with Crippen molar-refractivity contribution in [2.75, 3.05) is 0 Å². The molecule has 1 saturated heterocycles. The highest BCUT2D eigenvalue weighted by Gasteiger charge is 2.56. The van der Waals surface area contributed by atoms with Crippen LogP contribution in [-0.2, 0) is 4.79 Å². The van der Waals surface area contributed by atoms with Crippen molar-refractivity contribution in [1.82, 2.24) is 5.06 Å². The number of Topliss-reactive ketones (excluding diaryl/α,β-unsaturated/α-hetero) is 1. The SMILES string of the molecule is CCC1(CC)C(=O)C(C(C)(C)C)CC(C)(C)N1O. The molecule has 1 rings (SSSR count). The molecular weight excluding hydrogens is 226 g/mol. The van der Waals surface area contributed by atoms with Crippen molar-refractivity contribution in [2.45, 2.75) is 78.8 Å². The lowest BCUT2D eigenvalue weighted by atomic mass is 9.62. The molecule has 0 aromatic rings. The molecular formula is C15H29NO2. The van der Waals surface area contributed by atoms with Crippen LogP contribution in [0.3, 0.4) is 0 Å². The molecule has 3 heteroatoms. The number of piperidine rings is 1. The van der Waals surface area contributed by atoms with Gasteiger partial charge in [0.05, 0.1) is 0 Å². The molecule has 0 saturated carbocycles. The van der Waals surface area contributed by atoms with Crippen molar-refractivity contribution in [3.8, 4) is 0 Å². The lowest BCUT2D eigenvalue weighted by Gasteiger charge is -2.55. The molecule has 3 nitrogen and oxygen atoms in total. The normalized spacial score (nSPS) is 28.4. The molecule has 0 amide bonds. The van der Waals surface area contributed by atoms with Crippen molar-refractivity contribution < 1.29 is 10.0 Å². The highest BCUT2D eigenvalue weighted by molar-refractivity contribution is 5.91. The summed E-state index contributed by atoms with van der Waals surface area (Å²) in [4.78, 5) is 12.9. The van der Waals surface area contributed by atoms with E-state index in [-0.39, 0.29) is 22.7 Å². The quantitative estimate of drug-likeness (QED) is 0.818. The van der Waals surface area contributed by atoms with Crippen LogP contribution in [-0.4, -0.2) is 27.1 Å². The second kappa shape index (κ2) is 4.61. The molecule has 0 aliphatic carbocycles. The van der Waals surface area contributed by atoms with Gasteiger partial charge in [-0.25, -0.2) is 0 Å². The van der Waals surface area contributed by atoms with Gasteiger partial charge < -0.3 is 5.21 Å². The highest BCUT2D eigenvalue weighted by atomic mass is 16.5. The molecule has 1 heterocycles. The molecule has 0 bridgehead atoms. The molecule has 0 aromatic heterocycles. The molecule has 1 unspecified atom stereocenters. The zero-order valence-corrected chi connectivity index (χ0v) is 13.0. The van der Waals surface area contributed by atoms with E-state index in [9.17, 15) is 10.0 Å². The minimum Gasteiger partial charge on any atom is -0.312 e. The summed E-state index contributed by atoms with van der Waals surface area (Å²) in [7, 11) is 0. The molecule has 0 spiro atoms. The minimum absolute atomic E-state index is 0.01000. The van der Waals surface area contributed by atoms with Gasteiger partial charge in [-0.2, -0.15) is 5.06 Å². The summed E-state index contributed by atoms with van der Waals surface area (Å²) in [5.74, 6) is 0.220. The van der Waals surface area contributed by atoms with Crippen LogP contribution in [0, 0.1) is 11.3 Å². The van der Waals surface area contributed by atoms with Crippen LogP contribution in [0.2, 0.25) is 0 Å². The summed E-state index contributed by atoms with van der Waals surface area (Å²) in [6.45, 7) is 14.4. The molecule has 106 valence electrons. The van der Waals surface area contributed by atoms with E-state index in [2.05, 4.69) is 20.8 Å². The maximum Gasteiger partial charge on any atom is 0.159 e. The third kappa shape index (κ3) is 2.23. The maximum absolute atomic E-state index is 12.9. The molecule has 0 aromatic carbocycles. The first kappa shape index (κ1) is 15.6. The maximum atomic E-state index is 12.9. The third-order valence-corrected chi connectivity index (χ3v) is 4.67. The van der Waals surface area contributed by atoms with Gasteiger partial charge in [0, 0.05) is 11.5 Å². The smallest absolute Gasteiger partial charge is 0.159 e. The highest BCUT2D eigenvalue weighted by Crippen LogP contribution is 2.47. The van der Waals surface area contributed by atoms with Crippen LogP contribution in [0.25, 0.3) is 0 Å². The van der Waals surface area contributed by atoms with Crippen LogP contribution in [0.1, 0.15) is 67.7 Å². The van der Waals surface area contributed by atoms with Crippen molar-refractivity contribution in [3.05, 3.63) is 0 Å². The van der Waals surface area contributed by atoms with E-state index in [0.29, 0.717) is 19.3 Å². The van der Waals surface area contributed by atoms with E-state index >= 15 is 0 Å². The summed E-state index contributed by atoms with van der Waals surface area (Å²) in [6, 6.07) is 0. The van der Waals surface area contributed by atoms with Gasteiger partial charge >= 0.3 is 0 Å². The van der Waals surface area contributed by atoms with Gasteiger partial charge in [0.1, 0.15) is 5.54 Å². The van der Waals surface area contributed by atoms with E-state index in [1.54, 1.807) is 0 Å². The fourth-order valence-corrected chi connectivity index (χ4v) is 3.28. The van der Waals surface area contributed by atoms with E-state index < -0.39 is 5.54 Å². The second-order valence-corrected chi connectivity index (χ2v) is 7.35. The van der Waals surface area contributed by atoms with Crippen LogP contribution in [0.15, 0.2) is 0 Å². The van der Waals surface area contributed by atoms with Crippen molar-refractivity contribution >= 4 is 5.78 Å². The minimum atomic E-state index is -0.709. The number of ketones is 1. The van der Waals surface area contributed by atoms with Crippen LogP contribution >= 0.6 is 0 Å². The predicted molar refractivity (Wildman–Crippen MR) is 73.6 cm³/mol. The van der Waals surface area contributed by atoms with Crippen LogP contribution in [0.4, 0.5) is 0 Å². The largest absolute Gasteiger partial charge is 0.312 e. The Morgan fingerprint density at radius 3 is 2.06 bits per heavy atom. The average molecular weight is 255 g/mol. The second-order valence-electron chi connectivity index (χ2n) is 7.35. The molecule has 1 fully saturated rings. The Labute approximate surface area is 112 Å². The Hall–Kier alpha value is -0.410. The molecule has 1 aliphatic rings. The lowest BCUT2D eigenvalue weighted by molar-refractivity contribution is -0.254. The fraction of sp³-hybridized carbons (Fsp3) is 0.933. The number of carbonyl (C=O) groups is 1. The van der Waals surface area contributed by atoms with E-state index in [0.717, 1.165) is 0 Å².